The molecule has 0 unspecified atom stereocenters. The van der Waals surface area contributed by atoms with Gasteiger partial charge in [0.25, 0.3) is 5.91 Å². The maximum atomic E-state index is 13.2. The average Bonchev–Trinajstić information content (AvgIpc) is 3.35. The van der Waals surface area contributed by atoms with E-state index in [1.165, 1.54) is 11.3 Å². The average molecular weight is 433 g/mol. The molecule has 0 fully saturated rings. The Morgan fingerprint density at radius 2 is 1.93 bits per heavy atom. The van der Waals surface area contributed by atoms with Gasteiger partial charge in [-0.25, -0.2) is 0 Å². The molecule has 5 rings (SSSR count). The lowest BCUT2D eigenvalue weighted by Gasteiger charge is -2.08. The smallest absolute Gasteiger partial charge is 0.291 e. The van der Waals surface area contributed by atoms with Crippen molar-refractivity contribution in [2.75, 3.05) is 5.32 Å². The Morgan fingerprint density at radius 3 is 2.80 bits per heavy atom. The quantitative estimate of drug-likeness (QED) is 0.360. The highest BCUT2D eigenvalue weighted by Crippen LogP contribution is 2.34. The van der Waals surface area contributed by atoms with Crippen molar-refractivity contribution in [1.29, 1.82) is 0 Å². The van der Waals surface area contributed by atoms with Gasteiger partial charge >= 0.3 is 0 Å². The lowest BCUT2D eigenvalue weighted by Crippen LogP contribution is -2.13. The van der Waals surface area contributed by atoms with Gasteiger partial charge in [-0.05, 0) is 37.3 Å². The number of pyridine rings is 1. The molecule has 0 aliphatic rings. The summed E-state index contributed by atoms with van der Waals surface area (Å²) in [6.07, 6.45) is 1.73. The van der Waals surface area contributed by atoms with Gasteiger partial charge in [-0.3, -0.25) is 9.78 Å². The molecule has 3 heterocycles. The van der Waals surface area contributed by atoms with Crippen LogP contribution in [0.15, 0.2) is 69.6 Å². The van der Waals surface area contributed by atoms with Crippen LogP contribution in [-0.4, -0.2) is 21.1 Å². The number of anilines is 1. The van der Waals surface area contributed by atoms with E-state index in [9.17, 15) is 4.79 Å². The number of nitrogens with one attached hydrogen (secondary N) is 1. The maximum Gasteiger partial charge on any atom is 0.291 e. The molecule has 1 amide bonds. The Bertz CT molecular complexity index is 1370. The van der Waals surface area contributed by atoms with Gasteiger partial charge in [0.2, 0.25) is 0 Å². The number of hydrogen-bond donors (Lipinski definition) is 1. The lowest BCUT2D eigenvalue weighted by molar-refractivity contribution is 0.0998. The number of fused-ring (bicyclic) bond motifs is 2. The molecule has 0 saturated carbocycles. The van der Waals surface area contributed by atoms with Gasteiger partial charge in [0.1, 0.15) is 10.6 Å². The van der Waals surface area contributed by atoms with Gasteiger partial charge in [0, 0.05) is 28.3 Å². The number of furan rings is 1. The minimum atomic E-state index is -0.286. The van der Waals surface area contributed by atoms with E-state index in [1.807, 2.05) is 61.5 Å². The summed E-state index contributed by atoms with van der Waals surface area (Å²) in [6, 6.07) is 17.1. The van der Waals surface area contributed by atoms with E-state index in [0.717, 1.165) is 31.2 Å². The van der Waals surface area contributed by atoms with Crippen LogP contribution >= 0.6 is 23.1 Å². The van der Waals surface area contributed by atoms with Crippen molar-refractivity contribution < 1.29 is 9.21 Å². The van der Waals surface area contributed by atoms with E-state index in [2.05, 4.69) is 20.5 Å². The number of aromatic nitrogens is 3. The molecule has 148 valence electrons. The fraction of sp³-hybridized carbons (Fsp3) is 0.0909. The molecule has 6 nitrogen and oxygen atoms in total. The Kier molecular flexibility index (Phi) is 4.94. The number of thioether (sulfide) groups is 1. The summed E-state index contributed by atoms with van der Waals surface area (Å²) in [5.74, 6) is 0.586. The van der Waals surface area contributed by atoms with Crippen LogP contribution in [0.3, 0.4) is 0 Å². The first-order valence-electron chi connectivity index (χ1n) is 9.27. The van der Waals surface area contributed by atoms with Crippen LogP contribution in [0, 0.1) is 6.92 Å². The SMILES string of the molecule is Cc1nnc(SCc2c(C(=O)Nc3cccc4ncccc34)oc3ccccc23)s1. The number of benzene rings is 2. The monoisotopic (exact) mass is 432 g/mol. The third kappa shape index (κ3) is 3.55. The molecular weight excluding hydrogens is 416 g/mol. The van der Waals surface area contributed by atoms with Crippen LogP contribution in [0.4, 0.5) is 5.69 Å². The molecule has 5 aromatic rings. The number of para-hydroxylation sites is 1. The highest BCUT2D eigenvalue weighted by molar-refractivity contribution is 8.00. The minimum absolute atomic E-state index is 0.286. The Labute approximate surface area is 180 Å². The molecule has 0 aliphatic heterocycles. The van der Waals surface area contributed by atoms with Gasteiger partial charge in [-0.1, -0.05) is 47.4 Å². The van der Waals surface area contributed by atoms with Crippen molar-refractivity contribution >= 4 is 56.6 Å². The predicted octanol–water partition coefficient (Wildman–Crippen LogP) is 5.69. The van der Waals surface area contributed by atoms with E-state index >= 15 is 0 Å². The van der Waals surface area contributed by atoms with E-state index < -0.39 is 0 Å². The molecule has 2 aromatic carbocycles. The van der Waals surface area contributed by atoms with E-state index in [-0.39, 0.29) is 5.91 Å². The molecular formula is C22H16N4O2S2. The van der Waals surface area contributed by atoms with Gasteiger partial charge in [-0.15, -0.1) is 10.2 Å². The van der Waals surface area contributed by atoms with Crippen molar-refractivity contribution in [3.8, 4) is 0 Å². The van der Waals surface area contributed by atoms with Crippen LogP contribution in [-0.2, 0) is 5.75 Å². The third-order valence-electron chi connectivity index (χ3n) is 4.65. The highest BCUT2D eigenvalue weighted by Gasteiger charge is 2.22. The van der Waals surface area contributed by atoms with Gasteiger partial charge in [-0.2, -0.15) is 0 Å². The Balaban J connectivity index is 1.50. The molecule has 1 N–H and O–H groups in total. The zero-order chi connectivity index (χ0) is 20.5. The zero-order valence-corrected chi connectivity index (χ0v) is 17.6. The van der Waals surface area contributed by atoms with Crippen LogP contribution < -0.4 is 5.32 Å². The molecule has 30 heavy (non-hydrogen) atoms. The van der Waals surface area contributed by atoms with E-state index in [4.69, 9.17) is 4.42 Å². The summed E-state index contributed by atoms with van der Waals surface area (Å²) in [6.45, 7) is 1.92. The number of carbonyl (C=O) groups excluding carboxylic acids is 1. The van der Waals surface area contributed by atoms with Crippen molar-refractivity contribution in [1.82, 2.24) is 15.2 Å². The first-order valence-corrected chi connectivity index (χ1v) is 11.1. The summed E-state index contributed by atoms with van der Waals surface area (Å²) in [7, 11) is 0. The molecule has 8 heteroatoms. The summed E-state index contributed by atoms with van der Waals surface area (Å²) in [4.78, 5) is 17.6. The molecule has 0 saturated heterocycles. The first kappa shape index (κ1) is 18.8. The van der Waals surface area contributed by atoms with Crippen LogP contribution in [0.1, 0.15) is 21.1 Å². The van der Waals surface area contributed by atoms with Crippen LogP contribution in [0.25, 0.3) is 21.9 Å². The van der Waals surface area contributed by atoms with Crippen molar-refractivity contribution in [3.63, 3.8) is 0 Å². The second-order valence-electron chi connectivity index (χ2n) is 6.61. The zero-order valence-electron chi connectivity index (χ0n) is 16.0. The largest absolute Gasteiger partial charge is 0.451 e. The first-order chi connectivity index (χ1) is 14.7. The fourth-order valence-electron chi connectivity index (χ4n) is 3.29. The topological polar surface area (TPSA) is 80.9 Å². The van der Waals surface area contributed by atoms with Crippen molar-refractivity contribution in [2.45, 2.75) is 17.0 Å². The number of nitrogens with zero attached hydrogens (tertiary/aromatic N) is 3. The molecule has 0 spiro atoms. The Morgan fingerprint density at radius 1 is 1.07 bits per heavy atom. The maximum absolute atomic E-state index is 13.2. The second kappa shape index (κ2) is 7.89. The minimum Gasteiger partial charge on any atom is -0.451 e. The fourth-order valence-corrected chi connectivity index (χ4v) is 5.13. The normalized spacial score (nSPS) is 11.2. The van der Waals surface area contributed by atoms with Gasteiger partial charge in [0.05, 0.1) is 11.2 Å². The summed E-state index contributed by atoms with van der Waals surface area (Å²) < 4.78 is 6.83. The predicted molar refractivity (Wildman–Crippen MR) is 120 cm³/mol. The number of aryl methyl sites for hydroxylation is 1. The van der Waals surface area contributed by atoms with Gasteiger partial charge < -0.3 is 9.73 Å². The second-order valence-corrected chi connectivity index (χ2v) is 9.02. The highest BCUT2D eigenvalue weighted by atomic mass is 32.2. The lowest BCUT2D eigenvalue weighted by atomic mass is 10.1. The van der Waals surface area contributed by atoms with Crippen molar-refractivity contribution in [2.24, 2.45) is 0 Å². The van der Waals surface area contributed by atoms with Crippen molar-refractivity contribution in [3.05, 3.63) is 77.1 Å². The summed E-state index contributed by atoms with van der Waals surface area (Å²) >= 11 is 3.09. The molecule has 0 aliphatic carbocycles. The van der Waals surface area contributed by atoms with Gasteiger partial charge in [0.15, 0.2) is 10.1 Å². The van der Waals surface area contributed by atoms with Crippen LogP contribution in [0.5, 0.6) is 0 Å². The molecule has 0 atom stereocenters. The molecule has 0 bridgehead atoms. The number of amides is 1. The number of hydrogen-bond acceptors (Lipinski definition) is 7. The summed E-state index contributed by atoms with van der Waals surface area (Å²) in [5.41, 5.74) is 3.05. The number of rotatable bonds is 5. The standard InChI is InChI=1S/C22H16N4O2S2/c1-13-25-26-22(30-13)29-12-16-14-6-2-3-10-19(14)28-20(16)21(27)24-18-9-4-8-17-15(18)7-5-11-23-17/h2-11H,12H2,1H3,(H,24,27). The van der Waals surface area contributed by atoms with E-state index in [0.29, 0.717) is 22.8 Å². The third-order valence-corrected chi connectivity index (χ3v) is 6.64. The van der Waals surface area contributed by atoms with Crippen LogP contribution in [0.2, 0.25) is 0 Å². The van der Waals surface area contributed by atoms with E-state index in [1.54, 1.807) is 18.0 Å². The number of carbonyl (C=O) groups is 1. The molecule has 3 aromatic heterocycles. The molecule has 0 radical (unpaired) electrons. The summed E-state index contributed by atoms with van der Waals surface area (Å²) in [5, 5.41) is 13.9. The Hall–Kier alpha value is -3.23.